The second-order valence-electron chi connectivity index (χ2n) is 9.30. The Morgan fingerprint density at radius 1 is 1.14 bits per heavy atom. The summed E-state index contributed by atoms with van der Waals surface area (Å²) in [5.41, 5.74) is 1.82. The summed E-state index contributed by atoms with van der Waals surface area (Å²) in [6.07, 6.45) is 2.28. The number of nitrogens with one attached hydrogen (secondary N) is 1. The van der Waals surface area contributed by atoms with Crippen LogP contribution in [0.2, 0.25) is 0 Å². The number of benzene rings is 1. The predicted molar refractivity (Wildman–Crippen MR) is 109 cm³/mol. The van der Waals surface area contributed by atoms with Crippen LogP contribution in [0, 0.1) is 5.92 Å². The molecule has 6 heteroatoms. The lowest BCUT2D eigenvalue weighted by molar-refractivity contribution is -0.126. The highest BCUT2D eigenvalue weighted by molar-refractivity contribution is 5.82. The van der Waals surface area contributed by atoms with Crippen molar-refractivity contribution in [3.05, 3.63) is 35.4 Å². The molecule has 2 amide bonds. The predicted octanol–water partition coefficient (Wildman–Crippen LogP) is 3.15. The van der Waals surface area contributed by atoms with Crippen molar-refractivity contribution in [2.75, 3.05) is 14.1 Å². The van der Waals surface area contributed by atoms with E-state index in [0.29, 0.717) is 6.54 Å². The molecular weight excluding hydrogens is 354 g/mol. The smallest absolute Gasteiger partial charge is 0.410 e. The summed E-state index contributed by atoms with van der Waals surface area (Å²) in [7, 11) is 4.09. The van der Waals surface area contributed by atoms with Crippen LogP contribution in [0.3, 0.4) is 0 Å². The normalized spacial score (nSPS) is 23.9. The Hall–Kier alpha value is -2.08. The molecule has 2 bridgehead atoms. The van der Waals surface area contributed by atoms with Gasteiger partial charge in [-0.05, 0) is 65.3 Å². The largest absolute Gasteiger partial charge is 0.444 e. The first-order chi connectivity index (χ1) is 13.1. The first kappa shape index (κ1) is 20.6. The molecule has 1 aromatic rings. The highest BCUT2D eigenvalue weighted by Gasteiger charge is 2.52. The van der Waals surface area contributed by atoms with Crippen LogP contribution in [-0.4, -0.2) is 53.6 Å². The molecule has 0 saturated carbocycles. The lowest BCUT2D eigenvalue weighted by Crippen LogP contribution is -2.43. The summed E-state index contributed by atoms with van der Waals surface area (Å²) < 4.78 is 5.55. The Kier molecular flexibility index (Phi) is 5.98. The van der Waals surface area contributed by atoms with E-state index in [1.807, 2.05) is 39.8 Å². The second kappa shape index (κ2) is 8.11. The third-order valence-corrected chi connectivity index (χ3v) is 5.47. The first-order valence-corrected chi connectivity index (χ1v) is 10.2. The maximum atomic E-state index is 12.8. The summed E-state index contributed by atoms with van der Waals surface area (Å²) in [6.45, 7) is 7.03. The maximum Gasteiger partial charge on any atom is 0.410 e. The van der Waals surface area contributed by atoms with E-state index in [-0.39, 0.29) is 30.0 Å². The minimum Gasteiger partial charge on any atom is -0.444 e. The molecule has 28 heavy (non-hydrogen) atoms. The van der Waals surface area contributed by atoms with Crippen molar-refractivity contribution in [1.82, 2.24) is 15.1 Å². The molecule has 1 aromatic carbocycles. The van der Waals surface area contributed by atoms with Crippen molar-refractivity contribution < 1.29 is 14.3 Å². The quantitative estimate of drug-likeness (QED) is 0.843. The molecule has 2 aliphatic rings. The fourth-order valence-electron chi connectivity index (χ4n) is 4.32. The van der Waals surface area contributed by atoms with E-state index in [9.17, 15) is 9.59 Å². The minimum absolute atomic E-state index is 0.0395. The van der Waals surface area contributed by atoms with Crippen LogP contribution in [0.4, 0.5) is 4.79 Å². The van der Waals surface area contributed by atoms with E-state index >= 15 is 0 Å². The van der Waals surface area contributed by atoms with Crippen molar-refractivity contribution in [1.29, 1.82) is 0 Å². The Labute approximate surface area is 168 Å². The Morgan fingerprint density at radius 2 is 1.79 bits per heavy atom. The van der Waals surface area contributed by atoms with Crippen molar-refractivity contribution in [3.63, 3.8) is 0 Å². The molecule has 2 heterocycles. The van der Waals surface area contributed by atoms with Crippen LogP contribution in [0.5, 0.6) is 0 Å². The van der Waals surface area contributed by atoms with Crippen LogP contribution < -0.4 is 5.32 Å². The molecule has 6 nitrogen and oxygen atoms in total. The molecule has 2 aliphatic heterocycles. The fraction of sp³-hybridized carbons (Fsp3) is 0.636. The molecule has 1 N–H and O–H groups in total. The van der Waals surface area contributed by atoms with Crippen LogP contribution in [0.25, 0.3) is 0 Å². The van der Waals surface area contributed by atoms with Crippen molar-refractivity contribution >= 4 is 12.0 Å². The van der Waals surface area contributed by atoms with Gasteiger partial charge >= 0.3 is 6.09 Å². The summed E-state index contributed by atoms with van der Waals surface area (Å²) in [5, 5.41) is 3.07. The van der Waals surface area contributed by atoms with Gasteiger partial charge in [0, 0.05) is 25.2 Å². The Morgan fingerprint density at radius 3 is 2.39 bits per heavy atom. The highest BCUT2D eigenvalue weighted by Crippen LogP contribution is 2.42. The van der Waals surface area contributed by atoms with Crippen LogP contribution >= 0.6 is 0 Å². The molecule has 2 fully saturated rings. The van der Waals surface area contributed by atoms with Crippen molar-refractivity contribution in [3.8, 4) is 0 Å². The second-order valence-corrected chi connectivity index (χ2v) is 9.30. The molecule has 2 saturated heterocycles. The first-order valence-electron chi connectivity index (χ1n) is 10.2. The summed E-state index contributed by atoms with van der Waals surface area (Å²) in [5.74, 6) is -0.0996. The number of hydrogen-bond acceptors (Lipinski definition) is 4. The third-order valence-electron chi connectivity index (χ3n) is 5.47. The third kappa shape index (κ3) is 4.85. The average Bonchev–Trinajstić information content (AvgIpc) is 3.17. The van der Waals surface area contributed by atoms with Crippen LogP contribution in [0.1, 0.15) is 51.2 Å². The molecule has 154 valence electrons. The Bertz CT molecular complexity index is 709. The van der Waals surface area contributed by atoms with Gasteiger partial charge in [-0.1, -0.05) is 24.3 Å². The minimum atomic E-state index is -0.518. The maximum absolute atomic E-state index is 12.8. The van der Waals surface area contributed by atoms with Crippen molar-refractivity contribution in [2.24, 2.45) is 5.92 Å². The molecule has 0 spiro atoms. The van der Waals surface area contributed by atoms with E-state index in [1.165, 1.54) is 5.56 Å². The average molecular weight is 388 g/mol. The number of hydrogen-bond donors (Lipinski definition) is 1. The zero-order valence-corrected chi connectivity index (χ0v) is 17.7. The molecule has 0 aromatic heterocycles. The summed E-state index contributed by atoms with van der Waals surface area (Å²) in [4.78, 5) is 29.3. The standard InChI is InChI=1S/C22H33N3O3/c1-22(2,3)28-21(27)25-17-10-11-19(25)18(12-17)20(26)23-13-15-6-8-16(9-7-15)14-24(4)5/h6-9,17-19H,10-14H2,1-5H3,(H,23,26). The number of fused-ring (bicyclic) bond motifs is 2. The zero-order valence-electron chi connectivity index (χ0n) is 17.7. The Balaban J connectivity index is 1.55. The number of nitrogens with zero attached hydrogens (tertiary/aromatic N) is 2. The monoisotopic (exact) mass is 387 g/mol. The zero-order chi connectivity index (χ0) is 20.5. The number of amides is 2. The van der Waals surface area contributed by atoms with Crippen LogP contribution in [0.15, 0.2) is 24.3 Å². The van der Waals surface area contributed by atoms with Gasteiger partial charge in [0.1, 0.15) is 5.60 Å². The number of ether oxygens (including phenoxy) is 1. The van der Waals surface area contributed by atoms with E-state index in [2.05, 4.69) is 34.5 Å². The van der Waals surface area contributed by atoms with E-state index in [1.54, 1.807) is 0 Å². The summed E-state index contributed by atoms with van der Waals surface area (Å²) in [6, 6.07) is 8.41. The summed E-state index contributed by atoms with van der Waals surface area (Å²) >= 11 is 0. The van der Waals surface area contributed by atoms with Gasteiger partial charge in [0.25, 0.3) is 0 Å². The van der Waals surface area contributed by atoms with Crippen LogP contribution in [-0.2, 0) is 22.6 Å². The molecule has 3 rings (SSSR count). The highest BCUT2D eigenvalue weighted by atomic mass is 16.6. The fourth-order valence-corrected chi connectivity index (χ4v) is 4.32. The molecule has 3 atom stereocenters. The SMILES string of the molecule is CN(C)Cc1ccc(CNC(=O)C2CC3CCC2N3C(=O)OC(C)(C)C)cc1. The van der Waals surface area contributed by atoms with Gasteiger partial charge in [-0.3, -0.25) is 4.79 Å². The van der Waals surface area contributed by atoms with Gasteiger partial charge in [-0.25, -0.2) is 4.79 Å². The van der Waals surface area contributed by atoms with Crippen molar-refractivity contribution in [2.45, 2.75) is 70.8 Å². The van der Waals surface area contributed by atoms with Gasteiger partial charge in [0.15, 0.2) is 0 Å². The van der Waals surface area contributed by atoms with E-state index < -0.39 is 5.60 Å². The van der Waals surface area contributed by atoms with E-state index in [4.69, 9.17) is 4.74 Å². The molecular formula is C22H33N3O3. The lowest BCUT2D eigenvalue weighted by Gasteiger charge is -2.28. The van der Waals surface area contributed by atoms with Gasteiger partial charge in [-0.2, -0.15) is 0 Å². The lowest BCUT2D eigenvalue weighted by atomic mass is 9.88. The molecule has 3 unspecified atom stereocenters. The number of carbonyl (C=O) groups excluding carboxylic acids is 2. The van der Waals surface area contributed by atoms with Gasteiger partial charge in [0.05, 0.1) is 5.92 Å². The topological polar surface area (TPSA) is 61.9 Å². The van der Waals surface area contributed by atoms with Gasteiger partial charge in [-0.15, -0.1) is 0 Å². The number of rotatable bonds is 5. The molecule has 0 aliphatic carbocycles. The molecule has 0 radical (unpaired) electrons. The van der Waals surface area contributed by atoms with E-state index in [0.717, 1.165) is 31.4 Å². The number of carbonyl (C=O) groups is 2. The van der Waals surface area contributed by atoms with Gasteiger partial charge < -0.3 is 19.9 Å². The van der Waals surface area contributed by atoms with Gasteiger partial charge in [0.2, 0.25) is 5.91 Å².